The standard InChI is InChI=1S/C20H24O4/c1-5-23-17-11-10-16(13-21)18(12-17)14-6-8-15(9-7-14)19(22)24-20(2,3)4/h6-12,21H,5,13H2,1-4H3. The Kier molecular flexibility index (Phi) is 5.62. The number of carbonyl (C=O) groups is 1. The molecule has 0 bridgehead atoms. The molecule has 0 aliphatic rings. The van der Waals surface area contributed by atoms with Gasteiger partial charge in [0.2, 0.25) is 0 Å². The van der Waals surface area contributed by atoms with E-state index in [1.807, 2.05) is 58.0 Å². The molecule has 4 nitrogen and oxygen atoms in total. The molecule has 0 spiro atoms. The minimum absolute atomic E-state index is 0.0600. The van der Waals surface area contributed by atoms with Gasteiger partial charge in [-0.2, -0.15) is 0 Å². The van der Waals surface area contributed by atoms with E-state index in [0.717, 1.165) is 22.4 Å². The maximum atomic E-state index is 12.1. The van der Waals surface area contributed by atoms with E-state index >= 15 is 0 Å². The molecule has 0 aliphatic carbocycles. The normalized spacial score (nSPS) is 11.2. The van der Waals surface area contributed by atoms with Gasteiger partial charge in [0, 0.05) is 0 Å². The minimum Gasteiger partial charge on any atom is -0.494 e. The van der Waals surface area contributed by atoms with Crippen molar-refractivity contribution in [3.63, 3.8) is 0 Å². The second kappa shape index (κ2) is 7.49. The fourth-order valence-electron chi connectivity index (χ4n) is 2.34. The molecular formula is C20H24O4. The number of benzene rings is 2. The second-order valence-corrected chi connectivity index (χ2v) is 6.49. The van der Waals surface area contributed by atoms with Gasteiger partial charge in [-0.05, 0) is 68.7 Å². The highest BCUT2D eigenvalue weighted by molar-refractivity contribution is 5.90. The number of ether oxygens (including phenoxy) is 2. The van der Waals surface area contributed by atoms with E-state index < -0.39 is 5.60 Å². The lowest BCUT2D eigenvalue weighted by molar-refractivity contribution is 0.00695. The molecule has 128 valence electrons. The van der Waals surface area contributed by atoms with Crippen LogP contribution < -0.4 is 4.74 Å². The molecule has 0 atom stereocenters. The Labute approximate surface area is 143 Å². The molecule has 0 heterocycles. The van der Waals surface area contributed by atoms with Gasteiger partial charge in [0.05, 0.1) is 18.8 Å². The van der Waals surface area contributed by atoms with E-state index in [0.29, 0.717) is 12.2 Å². The van der Waals surface area contributed by atoms with E-state index in [-0.39, 0.29) is 12.6 Å². The van der Waals surface area contributed by atoms with E-state index in [1.54, 1.807) is 12.1 Å². The number of aliphatic hydroxyl groups excluding tert-OH is 1. The van der Waals surface area contributed by atoms with E-state index in [4.69, 9.17) is 9.47 Å². The topological polar surface area (TPSA) is 55.8 Å². The lowest BCUT2D eigenvalue weighted by Crippen LogP contribution is -2.23. The summed E-state index contributed by atoms with van der Waals surface area (Å²) >= 11 is 0. The highest BCUT2D eigenvalue weighted by Crippen LogP contribution is 2.29. The molecule has 2 aromatic carbocycles. The number of aliphatic hydroxyl groups is 1. The molecule has 2 aromatic rings. The molecule has 0 radical (unpaired) electrons. The second-order valence-electron chi connectivity index (χ2n) is 6.49. The van der Waals surface area contributed by atoms with E-state index in [1.165, 1.54) is 0 Å². The van der Waals surface area contributed by atoms with Gasteiger partial charge in [0.15, 0.2) is 0 Å². The van der Waals surface area contributed by atoms with Crippen LogP contribution in [0.2, 0.25) is 0 Å². The first kappa shape index (κ1) is 18.0. The predicted molar refractivity (Wildman–Crippen MR) is 94.1 cm³/mol. The summed E-state index contributed by atoms with van der Waals surface area (Å²) in [6, 6.07) is 12.8. The summed E-state index contributed by atoms with van der Waals surface area (Å²) in [5, 5.41) is 9.56. The van der Waals surface area contributed by atoms with Crippen molar-refractivity contribution in [2.75, 3.05) is 6.61 Å². The summed E-state index contributed by atoms with van der Waals surface area (Å²) < 4.78 is 10.9. The summed E-state index contributed by atoms with van der Waals surface area (Å²) in [5.74, 6) is 0.403. The Morgan fingerprint density at radius 2 is 1.75 bits per heavy atom. The first-order chi connectivity index (χ1) is 11.3. The van der Waals surface area contributed by atoms with Crippen LogP contribution in [0, 0.1) is 0 Å². The van der Waals surface area contributed by atoms with E-state index in [2.05, 4.69) is 0 Å². The summed E-state index contributed by atoms with van der Waals surface area (Å²) in [4.78, 5) is 12.1. The maximum Gasteiger partial charge on any atom is 0.338 e. The van der Waals surface area contributed by atoms with Crippen molar-refractivity contribution in [1.29, 1.82) is 0 Å². The number of rotatable bonds is 5. The number of esters is 1. The molecule has 0 saturated heterocycles. The smallest absolute Gasteiger partial charge is 0.338 e. The van der Waals surface area contributed by atoms with Crippen molar-refractivity contribution in [3.05, 3.63) is 53.6 Å². The molecule has 24 heavy (non-hydrogen) atoms. The lowest BCUT2D eigenvalue weighted by Gasteiger charge is -2.19. The Morgan fingerprint density at radius 1 is 1.08 bits per heavy atom. The molecule has 4 heteroatoms. The zero-order chi connectivity index (χ0) is 17.7. The minimum atomic E-state index is -0.522. The van der Waals surface area contributed by atoms with Gasteiger partial charge in [-0.15, -0.1) is 0 Å². The third-order valence-corrected chi connectivity index (χ3v) is 3.39. The van der Waals surface area contributed by atoms with Crippen molar-refractivity contribution >= 4 is 5.97 Å². The fraction of sp³-hybridized carbons (Fsp3) is 0.350. The van der Waals surface area contributed by atoms with Crippen molar-refractivity contribution in [2.24, 2.45) is 0 Å². The number of hydrogen-bond acceptors (Lipinski definition) is 4. The average Bonchev–Trinajstić information content (AvgIpc) is 2.53. The van der Waals surface area contributed by atoms with Crippen LogP contribution in [-0.2, 0) is 11.3 Å². The third-order valence-electron chi connectivity index (χ3n) is 3.39. The Morgan fingerprint density at radius 3 is 2.29 bits per heavy atom. The molecule has 0 aromatic heterocycles. The van der Waals surface area contributed by atoms with Crippen LogP contribution in [0.3, 0.4) is 0 Å². The highest BCUT2D eigenvalue weighted by atomic mass is 16.6. The van der Waals surface area contributed by atoms with Crippen LogP contribution in [0.5, 0.6) is 5.75 Å². The average molecular weight is 328 g/mol. The van der Waals surface area contributed by atoms with Crippen LogP contribution in [0.1, 0.15) is 43.6 Å². The summed E-state index contributed by atoms with van der Waals surface area (Å²) in [5.41, 5.74) is 2.58. The van der Waals surface area contributed by atoms with Crippen molar-refractivity contribution in [2.45, 2.75) is 39.9 Å². The van der Waals surface area contributed by atoms with Gasteiger partial charge in [0.1, 0.15) is 11.4 Å². The molecule has 2 rings (SSSR count). The molecule has 0 unspecified atom stereocenters. The Bertz CT molecular complexity index is 697. The molecule has 1 N–H and O–H groups in total. The van der Waals surface area contributed by atoms with Gasteiger partial charge in [0.25, 0.3) is 0 Å². The van der Waals surface area contributed by atoms with Gasteiger partial charge in [-0.25, -0.2) is 4.79 Å². The summed E-state index contributed by atoms with van der Waals surface area (Å²) in [7, 11) is 0. The maximum absolute atomic E-state index is 12.1. The van der Waals surface area contributed by atoms with Gasteiger partial charge >= 0.3 is 5.97 Å². The highest BCUT2D eigenvalue weighted by Gasteiger charge is 2.18. The zero-order valence-corrected chi connectivity index (χ0v) is 14.6. The van der Waals surface area contributed by atoms with Gasteiger partial charge in [-0.3, -0.25) is 0 Å². The largest absolute Gasteiger partial charge is 0.494 e. The third kappa shape index (κ3) is 4.59. The van der Waals surface area contributed by atoms with Gasteiger partial charge in [-0.1, -0.05) is 18.2 Å². The zero-order valence-electron chi connectivity index (χ0n) is 14.6. The molecule has 0 aliphatic heterocycles. The summed E-state index contributed by atoms with van der Waals surface area (Å²) in [6.45, 7) is 7.96. The first-order valence-electron chi connectivity index (χ1n) is 8.04. The van der Waals surface area contributed by atoms with Crippen molar-refractivity contribution < 1.29 is 19.4 Å². The molecule has 0 amide bonds. The lowest BCUT2D eigenvalue weighted by atomic mass is 9.98. The van der Waals surface area contributed by atoms with Crippen LogP contribution in [0.4, 0.5) is 0 Å². The van der Waals surface area contributed by atoms with Crippen LogP contribution >= 0.6 is 0 Å². The fourth-order valence-corrected chi connectivity index (χ4v) is 2.34. The van der Waals surface area contributed by atoms with Crippen molar-refractivity contribution in [3.8, 4) is 16.9 Å². The molecule has 0 saturated carbocycles. The first-order valence-corrected chi connectivity index (χ1v) is 8.04. The van der Waals surface area contributed by atoms with Crippen molar-refractivity contribution in [1.82, 2.24) is 0 Å². The summed E-state index contributed by atoms with van der Waals surface area (Å²) in [6.07, 6.45) is 0. The number of hydrogen-bond donors (Lipinski definition) is 1. The Hall–Kier alpha value is -2.33. The number of carbonyl (C=O) groups excluding carboxylic acids is 1. The van der Waals surface area contributed by atoms with E-state index in [9.17, 15) is 9.90 Å². The Balaban J connectivity index is 2.30. The molecule has 0 fully saturated rings. The molecular weight excluding hydrogens is 304 g/mol. The monoisotopic (exact) mass is 328 g/mol. The predicted octanol–water partition coefficient (Wildman–Crippen LogP) is 4.20. The SMILES string of the molecule is CCOc1ccc(CO)c(-c2ccc(C(=O)OC(C)(C)C)cc2)c1. The quantitative estimate of drug-likeness (QED) is 0.836. The van der Waals surface area contributed by atoms with Crippen LogP contribution in [0.25, 0.3) is 11.1 Å². The van der Waals surface area contributed by atoms with Crippen LogP contribution in [-0.4, -0.2) is 23.3 Å². The van der Waals surface area contributed by atoms with Crippen LogP contribution in [0.15, 0.2) is 42.5 Å². The van der Waals surface area contributed by atoms with Gasteiger partial charge < -0.3 is 14.6 Å².